The van der Waals surface area contributed by atoms with Crippen LogP contribution in [-0.2, 0) is 13.1 Å². The lowest BCUT2D eigenvalue weighted by atomic mass is 10.2. The van der Waals surface area contributed by atoms with E-state index in [1.54, 1.807) is 21.9 Å². The van der Waals surface area contributed by atoms with E-state index in [2.05, 4.69) is 11.1 Å². The van der Waals surface area contributed by atoms with Crippen molar-refractivity contribution < 1.29 is 14.2 Å². The highest BCUT2D eigenvalue weighted by Gasteiger charge is 2.23. The van der Waals surface area contributed by atoms with E-state index in [1.165, 1.54) is 37.3 Å². The number of halogens is 1. The Hall–Kier alpha value is -1.78. The molecule has 1 fully saturated rings. The normalized spacial score (nSPS) is 22.1. The summed E-state index contributed by atoms with van der Waals surface area (Å²) >= 11 is 0. The van der Waals surface area contributed by atoms with Gasteiger partial charge in [-0.05, 0) is 18.2 Å². The van der Waals surface area contributed by atoms with Crippen LogP contribution in [0.3, 0.4) is 0 Å². The molecule has 0 aliphatic carbocycles. The Bertz CT molecular complexity index is 548. The predicted octanol–water partition coefficient (Wildman–Crippen LogP) is -0.296. The van der Waals surface area contributed by atoms with Crippen LogP contribution in [0.2, 0.25) is 0 Å². The lowest BCUT2D eigenvalue weighted by Crippen LogP contribution is -3.27. The zero-order valence-corrected chi connectivity index (χ0v) is 12.2. The van der Waals surface area contributed by atoms with Crippen LogP contribution in [-0.4, -0.2) is 31.2 Å². The highest BCUT2D eigenvalue weighted by Crippen LogP contribution is 2.00. The summed E-state index contributed by atoms with van der Waals surface area (Å²) in [6.45, 7) is 6.79. The first-order valence-corrected chi connectivity index (χ1v) is 7.60. The first-order chi connectivity index (χ1) is 10.3. The largest absolute Gasteiger partial charge is 0.322 e. The summed E-state index contributed by atoms with van der Waals surface area (Å²) in [4.78, 5) is 7.40. The highest BCUT2D eigenvalue weighted by atomic mass is 19.1. The molecule has 0 amide bonds. The van der Waals surface area contributed by atoms with Gasteiger partial charge in [0.15, 0.2) is 0 Å². The summed E-state index contributed by atoms with van der Waals surface area (Å²) in [6, 6.07) is 11.1. The number of aromatic nitrogens is 1. The van der Waals surface area contributed by atoms with Crippen molar-refractivity contribution in [1.82, 2.24) is 4.98 Å². The predicted molar refractivity (Wildman–Crippen MR) is 79.4 cm³/mol. The molecule has 1 aliphatic heterocycles. The molecule has 1 saturated heterocycles. The summed E-state index contributed by atoms with van der Waals surface area (Å²) in [6.07, 6.45) is 3.79. The second kappa shape index (κ2) is 6.78. The van der Waals surface area contributed by atoms with Crippen molar-refractivity contribution >= 4 is 0 Å². The minimum Gasteiger partial charge on any atom is -0.322 e. The molecule has 4 heteroatoms. The molecular weight excluding hydrogens is 265 g/mol. The van der Waals surface area contributed by atoms with Crippen LogP contribution in [0.1, 0.15) is 11.1 Å². The summed E-state index contributed by atoms with van der Waals surface area (Å²) in [5.74, 6) is -0.153. The SMILES string of the molecule is Fc1ccc(C[NH+]2CC[NH+](Cc3cccnc3)CC2)cc1. The van der Waals surface area contributed by atoms with Crippen molar-refractivity contribution in [3.8, 4) is 0 Å². The van der Waals surface area contributed by atoms with E-state index in [0.717, 1.165) is 13.1 Å². The highest BCUT2D eigenvalue weighted by molar-refractivity contribution is 5.14. The molecule has 1 aliphatic rings. The molecule has 3 nitrogen and oxygen atoms in total. The zero-order chi connectivity index (χ0) is 14.5. The van der Waals surface area contributed by atoms with Crippen molar-refractivity contribution in [1.29, 1.82) is 0 Å². The average molecular weight is 287 g/mol. The average Bonchev–Trinajstić information content (AvgIpc) is 2.53. The van der Waals surface area contributed by atoms with Crippen molar-refractivity contribution in [3.05, 3.63) is 65.7 Å². The molecule has 0 atom stereocenters. The molecule has 0 spiro atoms. The van der Waals surface area contributed by atoms with E-state index < -0.39 is 0 Å². The number of benzene rings is 1. The Morgan fingerprint density at radius 3 is 2.05 bits per heavy atom. The molecule has 1 aromatic heterocycles. The fourth-order valence-electron chi connectivity index (χ4n) is 2.99. The van der Waals surface area contributed by atoms with E-state index in [1.807, 2.05) is 30.6 Å². The van der Waals surface area contributed by atoms with Crippen LogP contribution in [0.5, 0.6) is 0 Å². The Morgan fingerprint density at radius 2 is 1.48 bits per heavy atom. The molecule has 2 aromatic rings. The lowest BCUT2D eigenvalue weighted by molar-refractivity contribution is -1.02. The molecule has 21 heavy (non-hydrogen) atoms. The molecule has 0 saturated carbocycles. The Kier molecular flexibility index (Phi) is 4.58. The van der Waals surface area contributed by atoms with Crippen LogP contribution in [0.25, 0.3) is 0 Å². The first kappa shape index (κ1) is 14.2. The maximum Gasteiger partial charge on any atom is 0.127 e. The second-order valence-corrected chi connectivity index (χ2v) is 5.84. The molecular formula is C17H22FN3+2. The van der Waals surface area contributed by atoms with Gasteiger partial charge in [-0.1, -0.05) is 18.2 Å². The maximum atomic E-state index is 12.9. The van der Waals surface area contributed by atoms with Gasteiger partial charge < -0.3 is 9.80 Å². The molecule has 1 aromatic carbocycles. The van der Waals surface area contributed by atoms with Gasteiger partial charge in [0.1, 0.15) is 45.1 Å². The Morgan fingerprint density at radius 1 is 0.857 bits per heavy atom. The third kappa shape index (κ3) is 4.09. The first-order valence-electron chi connectivity index (χ1n) is 7.60. The Balaban J connectivity index is 1.47. The fourth-order valence-corrected chi connectivity index (χ4v) is 2.99. The summed E-state index contributed by atoms with van der Waals surface area (Å²) in [5.41, 5.74) is 2.54. The third-order valence-corrected chi connectivity index (χ3v) is 4.21. The van der Waals surface area contributed by atoms with Gasteiger partial charge in [-0.3, -0.25) is 4.98 Å². The number of pyridine rings is 1. The van der Waals surface area contributed by atoms with Crippen LogP contribution in [0, 0.1) is 5.82 Å². The van der Waals surface area contributed by atoms with Gasteiger partial charge in [-0.15, -0.1) is 0 Å². The van der Waals surface area contributed by atoms with Gasteiger partial charge in [-0.25, -0.2) is 4.39 Å². The van der Waals surface area contributed by atoms with Crippen LogP contribution in [0.15, 0.2) is 48.8 Å². The maximum absolute atomic E-state index is 12.9. The van der Waals surface area contributed by atoms with Gasteiger partial charge in [0, 0.05) is 23.5 Å². The van der Waals surface area contributed by atoms with Crippen LogP contribution in [0.4, 0.5) is 4.39 Å². The van der Waals surface area contributed by atoms with E-state index in [4.69, 9.17) is 0 Å². The van der Waals surface area contributed by atoms with Gasteiger partial charge in [0.25, 0.3) is 0 Å². The van der Waals surface area contributed by atoms with E-state index in [-0.39, 0.29) is 5.82 Å². The minimum absolute atomic E-state index is 0.153. The number of hydrogen-bond donors (Lipinski definition) is 2. The monoisotopic (exact) mass is 287 g/mol. The van der Waals surface area contributed by atoms with Crippen LogP contribution >= 0.6 is 0 Å². The number of hydrogen-bond acceptors (Lipinski definition) is 1. The molecule has 3 rings (SSSR count). The van der Waals surface area contributed by atoms with Crippen LogP contribution < -0.4 is 9.80 Å². The molecule has 0 unspecified atom stereocenters. The van der Waals surface area contributed by atoms with E-state index in [0.29, 0.717) is 0 Å². The van der Waals surface area contributed by atoms with Gasteiger partial charge in [-0.2, -0.15) is 0 Å². The molecule has 0 bridgehead atoms. The number of nitrogens with zero attached hydrogens (tertiary/aromatic N) is 1. The van der Waals surface area contributed by atoms with Gasteiger partial charge in [0.2, 0.25) is 0 Å². The third-order valence-electron chi connectivity index (χ3n) is 4.21. The molecule has 0 radical (unpaired) electrons. The van der Waals surface area contributed by atoms with E-state index in [9.17, 15) is 4.39 Å². The summed E-state index contributed by atoms with van der Waals surface area (Å²) in [7, 11) is 0. The van der Waals surface area contributed by atoms with Crippen molar-refractivity contribution in [2.24, 2.45) is 0 Å². The minimum atomic E-state index is -0.153. The second-order valence-electron chi connectivity index (χ2n) is 5.84. The fraction of sp³-hybridized carbons (Fsp3) is 0.353. The molecule has 2 heterocycles. The summed E-state index contributed by atoms with van der Waals surface area (Å²) < 4.78 is 12.9. The number of quaternary nitrogens is 2. The lowest BCUT2D eigenvalue weighted by Gasteiger charge is -2.29. The topological polar surface area (TPSA) is 21.8 Å². The summed E-state index contributed by atoms with van der Waals surface area (Å²) in [5, 5.41) is 0. The smallest absolute Gasteiger partial charge is 0.127 e. The zero-order valence-electron chi connectivity index (χ0n) is 12.2. The standard InChI is InChI=1S/C17H20FN3/c18-17-5-3-15(4-6-17)13-20-8-10-21(11-9-20)14-16-2-1-7-19-12-16/h1-7,12H,8-11,13-14H2/p+2. The quantitative estimate of drug-likeness (QED) is 0.792. The van der Waals surface area contributed by atoms with Crippen molar-refractivity contribution in [3.63, 3.8) is 0 Å². The van der Waals surface area contributed by atoms with Gasteiger partial charge in [0.05, 0.1) is 0 Å². The number of nitrogens with one attached hydrogen (secondary N) is 2. The van der Waals surface area contributed by atoms with Gasteiger partial charge >= 0.3 is 0 Å². The van der Waals surface area contributed by atoms with E-state index >= 15 is 0 Å². The number of rotatable bonds is 4. The number of piperazine rings is 1. The van der Waals surface area contributed by atoms with Crippen molar-refractivity contribution in [2.75, 3.05) is 26.2 Å². The Labute approximate surface area is 125 Å². The molecule has 110 valence electrons. The molecule has 2 N–H and O–H groups in total. The van der Waals surface area contributed by atoms with Crippen molar-refractivity contribution in [2.45, 2.75) is 13.1 Å².